The molecule has 0 spiro atoms. The minimum absolute atomic E-state index is 0. The third-order valence-electron chi connectivity index (χ3n) is 2.75. The van der Waals surface area contributed by atoms with E-state index < -0.39 is 0 Å². The van der Waals surface area contributed by atoms with Crippen LogP contribution in [0.3, 0.4) is 0 Å². The molecule has 118 valence electrons. The molecule has 0 amide bonds. The first-order valence-corrected chi connectivity index (χ1v) is 6.30. The lowest BCUT2D eigenvalue weighted by Gasteiger charge is -2.22. The van der Waals surface area contributed by atoms with Gasteiger partial charge in [0.05, 0.1) is 13.5 Å². The molecule has 1 aromatic rings. The zero-order valence-electron chi connectivity index (χ0n) is 12.4. The largest absolute Gasteiger partial charge is 0.469 e. The van der Waals surface area contributed by atoms with Crippen molar-refractivity contribution in [2.75, 3.05) is 27.7 Å². The fourth-order valence-corrected chi connectivity index (χ4v) is 1.70. The summed E-state index contributed by atoms with van der Waals surface area (Å²) in [6.07, 6.45) is 0.278. The average Bonchev–Trinajstić information content (AvgIpc) is 2.45. The summed E-state index contributed by atoms with van der Waals surface area (Å²) in [6, 6.07) is 6.31. The van der Waals surface area contributed by atoms with Gasteiger partial charge in [0.15, 0.2) is 5.96 Å². The Kier molecular flexibility index (Phi) is 9.68. The summed E-state index contributed by atoms with van der Waals surface area (Å²) < 4.78 is 17.4. The standard InChI is InChI=1S/C14H20FN3O2.HI/c1-16-14(17-9-8-13(19)20-3)18(2)10-11-4-6-12(15)7-5-11;/h4-7H,8-10H2,1-3H3,(H,16,17);1H. The number of methoxy groups -OCH3 is 1. The third kappa shape index (κ3) is 7.26. The molecule has 0 atom stereocenters. The maximum absolute atomic E-state index is 12.8. The Hall–Kier alpha value is -1.38. The second-order valence-corrected chi connectivity index (χ2v) is 4.28. The Morgan fingerprint density at radius 3 is 2.52 bits per heavy atom. The molecule has 0 fully saturated rings. The van der Waals surface area contributed by atoms with E-state index in [9.17, 15) is 9.18 Å². The van der Waals surface area contributed by atoms with Gasteiger partial charge in [0, 0.05) is 27.2 Å². The molecule has 0 radical (unpaired) electrons. The molecule has 0 aliphatic heterocycles. The molecule has 21 heavy (non-hydrogen) atoms. The number of esters is 1. The maximum atomic E-state index is 12.8. The van der Waals surface area contributed by atoms with Crippen molar-refractivity contribution in [1.82, 2.24) is 10.2 Å². The first kappa shape index (κ1) is 19.6. The Labute approximate surface area is 141 Å². The van der Waals surface area contributed by atoms with Crippen molar-refractivity contribution in [2.24, 2.45) is 4.99 Å². The molecule has 0 saturated heterocycles. The van der Waals surface area contributed by atoms with Crippen molar-refractivity contribution < 1.29 is 13.9 Å². The molecule has 0 saturated carbocycles. The second-order valence-electron chi connectivity index (χ2n) is 4.28. The first-order valence-electron chi connectivity index (χ1n) is 6.30. The van der Waals surface area contributed by atoms with Crippen molar-refractivity contribution in [1.29, 1.82) is 0 Å². The zero-order chi connectivity index (χ0) is 15.0. The number of rotatable bonds is 5. The van der Waals surface area contributed by atoms with Crippen LogP contribution in [0.25, 0.3) is 0 Å². The first-order chi connectivity index (χ1) is 9.56. The summed E-state index contributed by atoms with van der Waals surface area (Å²) in [4.78, 5) is 17.0. The molecule has 0 aliphatic rings. The van der Waals surface area contributed by atoms with Crippen molar-refractivity contribution in [3.63, 3.8) is 0 Å². The van der Waals surface area contributed by atoms with Crippen LogP contribution < -0.4 is 5.32 Å². The average molecular weight is 409 g/mol. The summed E-state index contributed by atoms with van der Waals surface area (Å²) in [5, 5.41) is 3.07. The van der Waals surface area contributed by atoms with Crippen molar-refractivity contribution >= 4 is 35.9 Å². The molecule has 5 nitrogen and oxygen atoms in total. The predicted molar refractivity (Wildman–Crippen MR) is 91.3 cm³/mol. The number of nitrogens with one attached hydrogen (secondary N) is 1. The SMILES string of the molecule is CN=C(NCCC(=O)OC)N(C)Cc1ccc(F)cc1.I. The Morgan fingerprint density at radius 1 is 1.38 bits per heavy atom. The number of guanidine groups is 1. The number of hydrogen-bond donors (Lipinski definition) is 1. The summed E-state index contributed by atoms with van der Waals surface area (Å²) in [6.45, 7) is 1.05. The van der Waals surface area contributed by atoms with Crippen LogP contribution >= 0.6 is 24.0 Å². The number of nitrogens with zero attached hydrogens (tertiary/aromatic N) is 2. The molecule has 0 aliphatic carbocycles. The highest BCUT2D eigenvalue weighted by molar-refractivity contribution is 14.0. The third-order valence-corrected chi connectivity index (χ3v) is 2.75. The highest BCUT2D eigenvalue weighted by Gasteiger charge is 2.07. The summed E-state index contributed by atoms with van der Waals surface area (Å²) in [7, 11) is 4.90. The summed E-state index contributed by atoms with van der Waals surface area (Å²) in [5.41, 5.74) is 0.977. The number of hydrogen-bond acceptors (Lipinski definition) is 3. The second kappa shape index (κ2) is 10.4. The van der Waals surface area contributed by atoms with Crippen LogP contribution in [0.2, 0.25) is 0 Å². The van der Waals surface area contributed by atoms with Gasteiger partial charge < -0.3 is 15.0 Å². The number of carbonyl (C=O) groups is 1. The van der Waals surface area contributed by atoms with Crippen LogP contribution in [0.5, 0.6) is 0 Å². The van der Waals surface area contributed by atoms with Crippen LogP contribution in [-0.4, -0.2) is 44.6 Å². The van der Waals surface area contributed by atoms with E-state index in [0.717, 1.165) is 5.56 Å². The highest BCUT2D eigenvalue weighted by Crippen LogP contribution is 2.05. The number of ether oxygens (including phenoxy) is 1. The van der Waals surface area contributed by atoms with Gasteiger partial charge in [-0.25, -0.2) is 4.39 Å². The zero-order valence-corrected chi connectivity index (χ0v) is 14.8. The normalized spacial score (nSPS) is 10.6. The lowest BCUT2D eigenvalue weighted by Crippen LogP contribution is -2.39. The summed E-state index contributed by atoms with van der Waals surface area (Å²) >= 11 is 0. The number of carbonyl (C=O) groups excluding carboxylic acids is 1. The van der Waals surface area contributed by atoms with E-state index in [4.69, 9.17) is 0 Å². The monoisotopic (exact) mass is 409 g/mol. The summed E-state index contributed by atoms with van der Waals surface area (Å²) in [5.74, 6) is 0.143. The van der Waals surface area contributed by atoms with Gasteiger partial charge in [0.1, 0.15) is 5.82 Å². The molecule has 0 bridgehead atoms. The lowest BCUT2D eigenvalue weighted by atomic mass is 10.2. The van der Waals surface area contributed by atoms with Gasteiger partial charge in [-0.3, -0.25) is 9.79 Å². The number of benzene rings is 1. The fourth-order valence-electron chi connectivity index (χ4n) is 1.70. The molecular weight excluding hydrogens is 388 g/mol. The van der Waals surface area contributed by atoms with E-state index in [1.54, 1.807) is 19.2 Å². The Balaban J connectivity index is 0.00000400. The van der Waals surface area contributed by atoms with Crippen LogP contribution in [0.15, 0.2) is 29.3 Å². The minimum Gasteiger partial charge on any atom is -0.469 e. The molecular formula is C14H21FIN3O2. The van der Waals surface area contributed by atoms with Gasteiger partial charge in [-0.2, -0.15) is 0 Å². The maximum Gasteiger partial charge on any atom is 0.307 e. The van der Waals surface area contributed by atoms with Crippen LogP contribution in [0.4, 0.5) is 4.39 Å². The van der Waals surface area contributed by atoms with E-state index in [-0.39, 0.29) is 42.2 Å². The van der Waals surface area contributed by atoms with Crippen LogP contribution in [-0.2, 0) is 16.1 Å². The van der Waals surface area contributed by atoms with Gasteiger partial charge in [-0.05, 0) is 17.7 Å². The topological polar surface area (TPSA) is 53.9 Å². The van der Waals surface area contributed by atoms with Crippen LogP contribution in [0.1, 0.15) is 12.0 Å². The van der Waals surface area contributed by atoms with Crippen molar-refractivity contribution in [3.05, 3.63) is 35.6 Å². The van der Waals surface area contributed by atoms with Gasteiger partial charge in [0.2, 0.25) is 0 Å². The van der Waals surface area contributed by atoms with Crippen molar-refractivity contribution in [2.45, 2.75) is 13.0 Å². The smallest absolute Gasteiger partial charge is 0.307 e. The van der Waals surface area contributed by atoms with Gasteiger partial charge in [-0.1, -0.05) is 12.1 Å². The van der Waals surface area contributed by atoms with E-state index in [0.29, 0.717) is 19.0 Å². The van der Waals surface area contributed by atoms with E-state index in [1.165, 1.54) is 19.2 Å². The number of halogens is 2. The van der Waals surface area contributed by atoms with E-state index in [1.807, 2.05) is 11.9 Å². The molecule has 7 heteroatoms. The fraction of sp³-hybridized carbons (Fsp3) is 0.429. The molecule has 0 aromatic heterocycles. The van der Waals surface area contributed by atoms with Crippen LogP contribution in [0, 0.1) is 5.82 Å². The molecule has 1 rings (SSSR count). The van der Waals surface area contributed by atoms with Gasteiger partial charge in [0.25, 0.3) is 0 Å². The quantitative estimate of drug-likeness (QED) is 0.350. The predicted octanol–water partition coefficient (Wildman–Crippen LogP) is 2.01. The van der Waals surface area contributed by atoms with E-state index in [2.05, 4.69) is 15.0 Å². The Bertz CT molecular complexity index is 466. The van der Waals surface area contributed by atoms with Gasteiger partial charge >= 0.3 is 5.97 Å². The van der Waals surface area contributed by atoms with E-state index >= 15 is 0 Å². The Morgan fingerprint density at radius 2 is 2.00 bits per heavy atom. The molecule has 0 unspecified atom stereocenters. The van der Waals surface area contributed by atoms with Gasteiger partial charge in [-0.15, -0.1) is 24.0 Å². The molecule has 0 heterocycles. The highest BCUT2D eigenvalue weighted by atomic mass is 127. The lowest BCUT2D eigenvalue weighted by molar-refractivity contribution is -0.140. The minimum atomic E-state index is -0.269. The molecule has 1 N–H and O–H groups in total. The van der Waals surface area contributed by atoms with Crippen molar-refractivity contribution in [3.8, 4) is 0 Å². The molecule has 1 aromatic carbocycles. The number of aliphatic imine (C=N–C) groups is 1.